The van der Waals surface area contributed by atoms with Crippen LogP contribution in [0.25, 0.3) is 0 Å². The topological polar surface area (TPSA) is 35.5 Å². The van der Waals surface area contributed by atoms with E-state index in [2.05, 4.69) is 20.8 Å². The molecule has 2 spiro atoms. The van der Waals surface area contributed by atoms with E-state index in [0.29, 0.717) is 5.92 Å². The Morgan fingerprint density at radius 1 is 1.32 bits per heavy atom. The minimum absolute atomic E-state index is 0.0664. The molecule has 0 aromatic heterocycles. The summed E-state index contributed by atoms with van der Waals surface area (Å²) >= 11 is 0. The maximum absolute atomic E-state index is 12.5. The van der Waals surface area contributed by atoms with Crippen molar-refractivity contribution in [3.63, 3.8) is 0 Å². The average molecular weight is 266 g/mol. The summed E-state index contributed by atoms with van der Waals surface area (Å²) in [6.45, 7) is 6.35. The quantitative estimate of drug-likeness (QED) is 0.718. The van der Waals surface area contributed by atoms with E-state index in [-0.39, 0.29) is 29.2 Å². The maximum atomic E-state index is 12.5. The van der Waals surface area contributed by atoms with Crippen LogP contribution in [0.4, 0.5) is 0 Å². The summed E-state index contributed by atoms with van der Waals surface area (Å²) in [5.41, 5.74) is -0.359. The van der Waals surface area contributed by atoms with E-state index < -0.39 is 0 Å². The van der Waals surface area contributed by atoms with Gasteiger partial charge in [0.1, 0.15) is 5.60 Å². The third-order valence-electron chi connectivity index (χ3n) is 5.48. The molecule has 108 valence electrons. The fraction of sp³-hybridized carbons (Fsp3) is 0.938. The van der Waals surface area contributed by atoms with E-state index in [1.165, 1.54) is 12.8 Å². The minimum atomic E-state index is -0.246. The molecule has 2 aliphatic carbocycles. The lowest BCUT2D eigenvalue weighted by Crippen LogP contribution is -2.30. The fourth-order valence-corrected chi connectivity index (χ4v) is 4.61. The van der Waals surface area contributed by atoms with Gasteiger partial charge in [0.15, 0.2) is 0 Å². The van der Waals surface area contributed by atoms with Crippen molar-refractivity contribution in [2.24, 2.45) is 11.3 Å². The van der Waals surface area contributed by atoms with Crippen LogP contribution in [-0.2, 0) is 14.3 Å². The Bertz CT molecular complexity index is 370. The Balaban J connectivity index is 1.78. The summed E-state index contributed by atoms with van der Waals surface area (Å²) < 4.78 is 11.8. The van der Waals surface area contributed by atoms with Crippen LogP contribution in [0.2, 0.25) is 0 Å². The second-order valence-electron chi connectivity index (χ2n) is 7.26. The lowest BCUT2D eigenvalue weighted by Gasteiger charge is -2.26. The summed E-state index contributed by atoms with van der Waals surface area (Å²) in [4.78, 5) is 12.5. The molecule has 0 bridgehead atoms. The predicted molar refractivity (Wildman–Crippen MR) is 72.7 cm³/mol. The standard InChI is InChI=1S/C16H26O3/c1-11(2)18-13-8-12(3)16(9-13)10-15(19-14(16)17)6-4-5-7-15/h11-13H,4-10H2,1-3H3. The highest BCUT2D eigenvalue weighted by molar-refractivity contribution is 5.80. The maximum Gasteiger partial charge on any atom is 0.313 e. The molecule has 3 rings (SSSR count). The highest BCUT2D eigenvalue weighted by Gasteiger charge is 2.62. The highest BCUT2D eigenvalue weighted by Crippen LogP contribution is 2.58. The zero-order valence-electron chi connectivity index (χ0n) is 12.4. The van der Waals surface area contributed by atoms with Gasteiger partial charge in [-0.15, -0.1) is 0 Å². The number of esters is 1. The molecule has 1 aliphatic heterocycles. The molecule has 2 saturated carbocycles. The molecule has 1 heterocycles. The summed E-state index contributed by atoms with van der Waals surface area (Å²) in [7, 11) is 0. The Labute approximate surface area is 116 Å². The second-order valence-corrected chi connectivity index (χ2v) is 7.26. The summed E-state index contributed by atoms with van der Waals surface area (Å²) in [6.07, 6.45) is 7.86. The summed E-state index contributed by atoms with van der Waals surface area (Å²) in [5.74, 6) is 0.459. The second kappa shape index (κ2) is 4.47. The molecule has 3 heteroatoms. The van der Waals surface area contributed by atoms with E-state index >= 15 is 0 Å². The fourth-order valence-electron chi connectivity index (χ4n) is 4.61. The first-order chi connectivity index (χ1) is 8.96. The normalized spacial score (nSPS) is 40.7. The van der Waals surface area contributed by atoms with Crippen LogP contribution in [0, 0.1) is 11.3 Å². The molecule has 0 aromatic rings. The number of carbonyl (C=O) groups excluding carboxylic acids is 1. The molecule has 3 unspecified atom stereocenters. The van der Waals surface area contributed by atoms with Crippen molar-refractivity contribution in [3.8, 4) is 0 Å². The zero-order chi connectivity index (χ0) is 13.7. The number of carbonyl (C=O) groups is 1. The molecule has 0 radical (unpaired) electrons. The number of ether oxygens (including phenoxy) is 2. The highest BCUT2D eigenvalue weighted by atomic mass is 16.6. The van der Waals surface area contributed by atoms with Crippen molar-refractivity contribution in [1.29, 1.82) is 0 Å². The molecule has 0 N–H and O–H groups in total. The molecule has 19 heavy (non-hydrogen) atoms. The van der Waals surface area contributed by atoms with Gasteiger partial charge in [0.25, 0.3) is 0 Å². The largest absolute Gasteiger partial charge is 0.459 e. The van der Waals surface area contributed by atoms with Crippen molar-refractivity contribution >= 4 is 5.97 Å². The Morgan fingerprint density at radius 2 is 2.00 bits per heavy atom. The van der Waals surface area contributed by atoms with Crippen molar-refractivity contribution < 1.29 is 14.3 Å². The molecule has 3 nitrogen and oxygen atoms in total. The molecule has 0 aromatic carbocycles. The van der Waals surface area contributed by atoms with Gasteiger partial charge in [-0.25, -0.2) is 0 Å². The van der Waals surface area contributed by atoms with Gasteiger partial charge in [0.2, 0.25) is 0 Å². The minimum Gasteiger partial charge on any atom is -0.459 e. The van der Waals surface area contributed by atoms with Crippen LogP contribution in [0.3, 0.4) is 0 Å². The van der Waals surface area contributed by atoms with E-state index in [1.54, 1.807) is 0 Å². The van der Waals surface area contributed by atoms with Gasteiger partial charge in [-0.05, 0) is 58.3 Å². The van der Waals surface area contributed by atoms with Crippen molar-refractivity contribution in [1.82, 2.24) is 0 Å². The smallest absolute Gasteiger partial charge is 0.313 e. The molecule has 0 amide bonds. The van der Waals surface area contributed by atoms with Crippen molar-refractivity contribution in [2.45, 2.75) is 83.5 Å². The van der Waals surface area contributed by atoms with Crippen molar-refractivity contribution in [2.75, 3.05) is 0 Å². The first kappa shape index (κ1) is 13.4. The first-order valence-corrected chi connectivity index (χ1v) is 7.85. The van der Waals surface area contributed by atoms with Gasteiger partial charge in [-0.2, -0.15) is 0 Å². The van der Waals surface area contributed by atoms with Gasteiger partial charge < -0.3 is 9.47 Å². The van der Waals surface area contributed by atoms with E-state index in [0.717, 1.165) is 32.1 Å². The Morgan fingerprint density at radius 3 is 2.63 bits per heavy atom. The third-order valence-corrected chi connectivity index (χ3v) is 5.48. The van der Waals surface area contributed by atoms with E-state index in [9.17, 15) is 4.79 Å². The number of rotatable bonds is 2. The lowest BCUT2D eigenvalue weighted by molar-refractivity contribution is -0.155. The van der Waals surface area contributed by atoms with Crippen LogP contribution in [0.1, 0.15) is 65.7 Å². The Hall–Kier alpha value is -0.570. The van der Waals surface area contributed by atoms with Crippen LogP contribution < -0.4 is 0 Å². The number of hydrogen-bond donors (Lipinski definition) is 0. The van der Waals surface area contributed by atoms with Gasteiger partial charge in [-0.3, -0.25) is 4.79 Å². The van der Waals surface area contributed by atoms with Gasteiger partial charge >= 0.3 is 5.97 Å². The van der Waals surface area contributed by atoms with Crippen molar-refractivity contribution in [3.05, 3.63) is 0 Å². The van der Waals surface area contributed by atoms with Crippen LogP contribution in [-0.4, -0.2) is 23.8 Å². The first-order valence-electron chi connectivity index (χ1n) is 7.85. The van der Waals surface area contributed by atoms with Crippen LogP contribution in [0.5, 0.6) is 0 Å². The average Bonchev–Trinajstić information content (AvgIpc) is 2.92. The molecule has 3 fully saturated rings. The van der Waals surface area contributed by atoms with E-state index in [1.807, 2.05) is 0 Å². The molecule has 3 atom stereocenters. The molecular weight excluding hydrogens is 240 g/mol. The molecular formula is C16H26O3. The van der Waals surface area contributed by atoms with Gasteiger partial charge in [0.05, 0.1) is 17.6 Å². The summed E-state index contributed by atoms with van der Waals surface area (Å²) in [6, 6.07) is 0. The van der Waals surface area contributed by atoms with Crippen LogP contribution in [0.15, 0.2) is 0 Å². The summed E-state index contributed by atoms with van der Waals surface area (Å²) in [5, 5.41) is 0. The Kier molecular flexibility index (Phi) is 3.16. The molecule has 1 saturated heterocycles. The zero-order valence-corrected chi connectivity index (χ0v) is 12.4. The third kappa shape index (κ3) is 2.10. The van der Waals surface area contributed by atoms with Crippen LogP contribution >= 0.6 is 0 Å². The molecule has 3 aliphatic rings. The van der Waals surface area contributed by atoms with E-state index in [4.69, 9.17) is 9.47 Å². The predicted octanol–water partition coefficient (Wildman–Crippen LogP) is 3.46. The monoisotopic (exact) mass is 266 g/mol. The van der Waals surface area contributed by atoms with Gasteiger partial charge in [-0.1, -0.05) is 6.92 Å². The van der Waals surface area contributed by atoms with Gasteiger partial charge in [0, 0.05) is 6.42 Å². The SMILES string of the molecule is CC(C)OC1CC(C)C2(C1)CC1(CCCC1)OC2=O. The lowest BCUT2D eigenvalue weighted by atomic mass is 9.73. The number of hydrogen-bond acceptors (Lipinski definition) is 3.